The van der Waals surface area contributed by atoms with E-state index in [-0.39, 0.29) is 12.4 Å². The first-order valence-electron chi connectivity index (χ1n) is 7.22. The Kier molecular flexibility index (Phi) is 5.44. The molecule has 5 nitrogen and oxygen atoms in total. The number of thiazole rings is 2. The van der Waals surface area contributed by atoms with E-state index < -0.39 is 0 Å². The van der Waals surface area contributed by atoms with Crippen LogP contribution < -0.4 is 5.32 Å². The summed E-state index contributed by atoms with van der Waals surface area (Å²) >= 11 is 8.82. The zero-order valence-electron chi connectivity index (χ0n) is 12.8. The number of nitrogens with one attached hydrogen (secondary N) is 1. The van der Waals surface area contributed by atoms with Crippen LogP contribution in [0.25, 0.3) is 11.3 Å². The standard InChI is InChI=1S/C16H14ClN3O2S2/c1-2-22-14(21)7-12-8-23-15(18-12)20-16-19-13(9-24-16)10-3-5-11(17)6-4-10/h3-6,8-9H,2,7H2,1H3,(H,18,19,20). The summed E-state index contributed by atoms with van der Waals surface area (Å²) in [6.07, 6.45) is 0.180. The summed E-state index contributed by atoms with van der Waals surface area (Å²) in [4.78, 5) is 20.4. The van der Waals surface area contributed by atoms with Gasteiger partial charge in [-0.1, -0.05) is 23.7 Å². The summed E-state index contributed by atoms with van der Waals surface area (Å²) in [6.45, 7) is 2.16. The van der Waals surface area contributed by atoms with Crippen LogP contribution in [-0.4, -0.2) is 22.5 Å². The van der Waals surface area contributed by atoms with Crippen molar-refractivity contribution in [1.82, 2.24) is 9.97 Å². The molecule has 124 valence electrons. The fourth-order valence-corrected chi connectivity index (χ4v) is 3.60. The number of benzene rings is 1. The molecule has 0 fully saturated rings. The number of carbonyl (C=O) groups is 1. The van der Waals surface area contributed by atoms with Gasteiger partial charge in [0.05, 0.1) is 24.4 Å². The molecular weight excluding hydrogens is 366 g/mol. The molecule has 0 aliphatic rings. The van der Waals surface area contributed by atoms with Crippen molar-refractivity contribution in [3.05, 3.63) is 45.7 Å². The molecule has 2 aromatic heterocycles. The molecule has 1 aromatic carbocycles. The number of rotatable bonds is 6. The topological polar surface area (TPSA) is 64.1 Å². The van der Waals surface area contributed by atoms with E-state index in [1.165, 1.54) is 22.7 Å². The number of esters is 1. The second kappa shape index (κ2) is 7.74. The van der Waals surface area contributed by atoms with E-state index in [9.17, 15) is 4.79 Å². The molecule has 0 aliphatic carbocycles. The van der Waals surface area contributed by atoms with Crippen LogP contribution in [0, 0.1) is 0 Å². The molecule has 0 aliphatic heterocycles. The van der Waals surface area contributed by atoms with Gasteiger partial charge in [0.25, 0.3) is 0 Å². The Hall–Kier alpha value is -1.96. The molecule has 2 heterocycles. The van der Waals surface area contributed by atoms with Crippen molar-refractivity contribution in [3.63, 3.8) is 0 Å². The third-order valence-corrected chi connectivity index (χ3v) is 4.86. The molecule has 0 saturated carbocycles. The second-order valence-corrected chi connectivity index (χ2v) is 6.95. The SMILES string of the molecule is CCOC(=O)Cc1csc(Nc2nc(-c3ccc(Cl)cc3)cs2)n1. The van der Waals surface area contributed by atoms with Gasteiger partial charge in [0, 0.05) is 21.3 Å². The van der Waals surface area contributed by atoms with Gasteiger partial charge in [-0.3, -0.25) is 4.79 Å². The van der Waals surface area contributed by atoms with Gasteiger partial charge in [-0.15, -0.1) is 22.7 Å². The van der Waals surface area contributed by atoms with Gasteiger partial charge < -0.3 is 10.1 Å². The van der Waals surface area contributed by atoms with Crippen LogP contribution in [0.5, 0.6) is 0 Å². The number of hydrogen-bond donors (Lipinski definition) is 1. The molecule has 3 aromatic rings. The Morgan fingerprint density at radius 1 is 1.17 bits per heavy atom. The summed E-state index contributed by atoms with van der Waals surface area (Å²) in [5, 5.41) is 9.12. The summed E-state index contributed by atoms with van der Waals surface area (Å²) in [7, 11) is 0. The Labute approximate surface area is 152 Å². The van der Waals surface area contributed by atoms with Crippen molar-refractivity contribution in [2.24, 2.45) is 0 Å². The van der Waals surface area contributed by atoms with Crippen molar-refractivity contribution in [2.75, 3.05) is 11.9 Å². The van der Waals surface area contributed by atoms with Gasteiger partial charge in [-0.25, -0.2) is 9.97 Å². The van der Waals surface area contributed by atoms with E-state index in [2.05, 4.69) is 15.3 Å². The number of aromatic nitrogens is 2. The minimum Gasteiger partial charge on any atom is -0.466 e. The zero-order valence-corrected chi connectivity index (χ0v) is 15.2. The van der Waals surface area contributed by atoms with E-state index in [4.69, 9.17) is 16.3 Å². The Bertz CT molecular complexity index is 830. The number of ether oxygens (including phenoxy) is 1. The van der Waals surface area contributed by atoms with E-state index in [1.807, 2.05) is 35.0 Å². The lowest BCUT2D eigenvalue weighted by Crippen LogP contribution is -2.07. The van der Waals surface area contributed by atoms with Crippen molar-refractivity contribution < 1.29 is 9.53 Å². The number of carbonyl (C=O) groups excluding carboxylic acids is 1. The maximum Gasteiger partial charge on any atom is 0.311 e. The highest BCUT2D eigenvalue weighted by atomic mass is 35.5. The molecule has 8 heteroatoms. The fraction of sp³-hybridized carbons (Fsp3) is 0.188. The Morgan fingerprint density at radius 2 is 1.88 bits per heavy atom. The molecule has 0 unspecified atom stereocenters. The predicted molar refractivity (Wildman–Crippen MR) is 98.3 cm³/mol. The number of anilines is 2. The summed E-state index contributed by atoms with van der Waals surface area (Å²) in [6, 6.07) is 7.54. The quantitative estimate of drug-likeness (QED) is 0.625. The molecule has 0 amide bonds. The lowest BCUT2D eigenvalue weighted by atomic mass is 10.2. The highest BCUT2D eigenvalue weighted by molar-refractivity contribution is 7.16. The van der Waals surface area contributed by atoms with E-state index in [1.54, 1.807) is 6.92 Å². The monoisotopic (exact) mass is 379 g/mol. The Morgan fingerprint density at radius 3 is 2.62 bits per heavy atom. The fourth-order valence-electron chi connectivity index (χ4n) is 1.98. The highest BCUT2D eigenvalue weighted by Crippen LogP contribution is 2.29. The molecule has 1 N–H and O–H groups in total. The third-order valence-electron chi connectivity index (χ3n) is 3.04. The van der Waals surface area contributed by atoms with Crippen LogP contribution in [0.15, 0.2) is 35.0 Å². The average Bonchev–Trinajstić information content (AvgIpc) is 3.18. The molecule has 0 saturated heterocycles. The van der Waals surface area contributed by atoms with Crippen molar-refractivity contribution in [2.45, 2.75) is 13.3 Å². The summed E-state index contributed by atoms with van der Waals surface area (Å²) in [5.74, 6) is -0.270. The number of hydrogen-bond acceptors (Lipinski definition) is 7. The highest BCUT2D eigenvalue weighted by Gasteiger charge is 2.10. The lowest BCUT2D eigenvalue weighted by molar-refractivity contribution is -0.142. The molecule has 24 heavy (non-hydrogen) atoms. The first kappa shape index (κ1) is 16.9. The van der Waals surface area contributed by atoms with Gasteiger partial charge in [0.1, 0.15) is 0 Å². The van der Waals surface area contributed by atoms with E-state index in [0.29, 0.717) is 22.5 Å². The third kappa shape index (κ3) is 4.31. The molecule has 0 spiro atoms. The van der Waals surface area contributed by atoms with Gasteiger partial charge in [0.2, 0.25) is 0 Å². The van der Waals surface area contributed by atoms with E-state index >= 15 is 0 Å². The zero-order chi connectivity index (χ0) is 16.9. The smallest absolute Gasteiger partial charge is 0.311 e. The Balaban J connectivity index is 1.66. The second-order valence-electron chi connectivity index (χ2n) is 4.80. The first-order chi connectivity index (χ1) is 11.6. The minimum atomic E-state index is -0.270. The van der Waals surface area contributed by atoms with Crippen LogP contribution in [-0.2, 0) is 16.0 Å². The molecular formula is C16H14ClN3O2S2. The van der Waals surface area contributed by atoms with Crippen LogP contribution in [0.1, 0.15) is 12.6 Å². The minimum absolute atomic E-state index is 0.180. The van der Waals surface area contributed by atoms with Gasteiger partial charge >= 0.3 is 5.97 Å². The molecule has 0 atom stereocenters. The first-order valence-corrected chi connectivity index (χ1v) is 9.36. The maximum absolute atomic E-state index is 11.5. The van der Waals surface area contributed by atoms with Crippen molar-refractivity contribution in [1.29, 1.82) is 0 Å². The molecule has 0 radical (unpaired) electrons. The number of nitrogens with zero attached hydrogens (tertiary/aromatic N) is 2. The van der Waals surface area contributed by atoms with Crippen molar-refractivity contribution >= 4 is 50.5 Å². The van der Waals surface area contributed by atoms with Crippen LogP contribution >= 0.6 is 34.3 Å². The predicted octanol–water partition coefficient (Wildman–Crippen LogP) is 4.77. The molecule has 3 rings (SSSR count). The van der Waals surface area contributed by atoms with Crippen molar-refractivity contribution in [3.8, 4) is 11.3 Å². The lowest BCUT2D eigenvalue weighted by Gasteiger charge is -1.99. The van der Waals surface area contributed by atoms with Crippen LogP contribution in [0.3, 0.4) is 0 Å². The maximum atomic E-state index is 11.5. The van der Waals surface area contributed by atoms with Gasteiger partial charge in [-0.2, -0.15) is 0 Å². The summed E-state index contributed by atoms with van der Waals surface area (Å²) < 4.78 is 4.92. The normalized spacial score (nSPS) is 10.6. The molecule has 0 bridgehead atoms. The number of halogens is 1. The van der Waals surface area contributed by atoms with Gasteiger partial charge in [-0.05, 0) is 19.1 Å². The average molecular weight is 380 g/mol. The van der Waals surface area contributed by atoms with Gasteiger partial charge in [0.15, 0.2) is 10.3 Å². The van der Waals surface area contributed by atoms with Crippen LogP contribution in [0.4, 0.5) is 10.3 Å². The van der Waals surface area contributed by atoms with E-state index in [0.717, 1.165) is 16.4 Å². The summed E-state index contributed by atoms with van der Waals surface area (Å²) in [5.41, 5.74) is 2.57. The van der Waals surface area contributed by atoms with Crippen LogP contribution in [0.2, 0.25) is 5.02 Å². The largest absolute Gasteiger partial charge is 0.466 e.